The van der Waals surface area contributed by atoms with Gasteiger partial charge in [0.2, 0.25) is 0 Å². The van der Waals surface area contributed by atoms with E-state index in [2.05, 4.69) is 217 Å². The summed E-state index contributed by atoms with van der Waals surface area (Å²) in [5, 5.41) is 7.44. The van der Waals surface area contributed by atoms with E-state index in [1.165, 1.54) is 65.7 Å². The third kappa shape index (κ3) is 7.26. The van der Waals surface area contributed by atoms with Crippen LogP contribution in [0.25, 0.3) is 149 Å². The normalized spacial score (nSPS) is 11.5. The molecule has 0 N–H and O–H groups in total. The maximum Gasteiger partial charge on any atom is 0.187 e. The largest absolute Gasteiger partial charge is 0.238 e. The topological polar surface area (TPSA) is 43.0 Å². The molecule has 0 saturated carbocycles. The summed E-state index contributed by atoms with van der Waals surface area (Å²) in [4.78, 5) is 19.2. The Morgan fingerprint density at radius 1 is 0.243 bits per heavy atom. The molecular weight excluding hydrogens is 897 g/mol. The van der Waals surface area contributed by atoms with Crippen molar-refractivity contribution in [2.24, 2.45) is 0 Å². The highest BCUT2D eigenvalue weighted by Crippen LogP contribution is 2.50. The van der Waals surface area contributed by atoms with Gasteiger partial charge < -0.3 is 0 Å². The van der Waals surface area contributed by atoms with E-state index in [9.17, 15) is 0 Å². The second kappa shape index (κ2) is 17.6. The summed E-state index contributed by atoms with van der Waals surface area (Å²) in [6.45, 7) is 7.99. The lowest BCUT2D eigenvalue weighted by Crippen LogP contribution is -2.00. The second-order valence-corrected chi connectivity index (χ2v) is 18.9. The molecule has 1 aliphatic carbocycles. The number of hydrogen-bond donors (Lipinski definition) is 0. The van der Waals surface area contributed by atoms with Crippen LogP contribution in [0.3, 0.4) is 0 Å². The lowest BCUT2D eigenvalue weighted by atomic mass is 9.86. The molecule has 4 nitrogen and oxygen atoms in total. The van der Waals surface area contributed by atoms with Gasteiger partial charge in [0.25, 0.3) is 0 Å². The molecule has 0 saturated heterocycles. The number of benzene rings is 12. The number of fused-ring (bicyclic) bond motifs is 6. The minimum Gasteiger partial charge on any atom is -0.238 e. The van der Waals surface area contributed by atoms with Crippen molar-refractivity contribution in [2.45, 2.75) is 0 Å². The third-order valence-electron chi connectivity index (χ3n) is 14.7. The molecule has 12 aromatic carbocycles. The predicted molar refractivity (Wildman–Crippen MR) is 307 cm³/mol. The van der Waals surface area contributed by atoms with Gasteiger partial charge in [-0.2, -0.15) is 0 Å². The van der Waals surface area contributed by atoms with Crippen molar-refractivity contribution in [1.29, 1.82) is 0 Å². The molecule has 0 unspecified atom stereocenters. The van der Waals surface area contributed by atoms with Crippen molar-refractivity contribution in [3.05, 3.63) is 266 Å². The highest BCUT2D eigenvalue weighted by molar-refractivity contribution is 6.19. The van der Waals surface area contributed by atoms with Crippen LogP contribution in [0.1, 0.15) is 0 Å². The maximum absolute atomic E-state index is 7.99. The van der Waals surface area contributed by atoms with Crippen molar-refractivity contribution >= 4 is 38.0 Å². The first-order chi connectivity index (χ1) is 36.6. The molecule has 0 aliphatic heterocycles. The van der Waals surface area contributed by atoms with Crippen molar-refractivity contribution < 1.29 is 0 Å². The monoisotopic (exact) mass is 938 g/mol. The lowest BCUT2D eigenvalue weighted by Gasteiger charge is -2.18. The van der Waals surface area contributed by atoms with Crippen LogP contribution in [-0.4, -0.2) is 15.0 Å². The smallest absolute Gasteiger partial charge is 0.187 e. The zero-order valence-electron chi connectivity index (χ0n) is 40.0. The van der Waals surface area contributed by atoms with Crippen molar-refractivity contribution in [3.63, 3.8) is 0 Å². The summed E-state index contributed by atoms with van der Waals surface area (Å²) in [6.07, 6.45) is 0. The fourth-order valence-corrected chi connectivity index (χ4v) is 11.2. The zero-order valence-corrected chi connectivity index (χ0v) is 40.0. The van der Waals surface area contributed by atoms with Gasteiger partial charge in [-0.3, -0.25) is 0 Å². The SMILES string of the molecule is [C-]#[N+]c1ccc(-c2ccccc2-c2cc3ccccc3c3ccccc23)c(-c2ccc(-c3cccc(-c4nc(-c5ccccc5)nc(-c5ccc(-c6ccc7c8c(cccc68)-c6ccccc6-7)cc5)n4)c3)cc2)c1. The van der Waals surface area contributed by atoms with Gasteiger partial charge >= 0.3 is 0 Å². The van der Waals surface area contributed by atoms with Gasteiger partial charge in [0.05, 0.1) is 6.57 Å². The van der Waals surface area contributed by atoms with E-state index >= 15 is 0 Å². The first kappa shape index (κ1) is 42.8. The average Bonchev–Trinajstić information content (AvgIpc) is 3.81. The summed E-state index contributed by atoms with van der Waals surface area (Å²) in [5.74, 6) is 1.82. The van der Waals surface area contributed by atoms with E-state index in [0.717, 1.165) is 61.2 Å². The quantitative estimate of drug-likeness (QED) is 0.113. The summed E-state index contributed by atoms with van der Waals surface area (Å²) >= 11 is 0. The Hall–Kier alpha value is -10.1. The molecule has 13 aromatic rings. The summed E-state index contributed by atoms with van der Waals surface area (Å²) in [7, 11) is 0. The Labute approximate surface area is 429 Å². The van der Waals surface area contributed by atoms with Crippen molar-refractivity contribution in [3.8, 4) is 112 Å². The standard InChI is InChI=1S/C70H42N4/c1-71-52-37-38-61(56-22-8-12-26-60(56)66-42-50-17-5-6-20-53(50)55-21-7-11-25-59(55)66)65(43-52)46-31-29-44(30-32-46)49-18-13-19-51(41-49)70-73-68(47-15-3-2-4-16-47)72-69(74-70)48-35-33-45(34-36-48)54-39-40-64-58-24-10-9-23-57(58)63-28-14-27-62(54)67(63)64/h2-43H. The first-order valence-corrected chi connectivity index (χ1v) is 24.9. The second-order valence-electron chi connectivity index (χ2n) is 18.9. The van der Waals surface area contributed by atoms with E-state index < -0.39 is 0 Å². The van der Waals surface area contributed by atoms with Crippen molar-refractivity contribution in [1.82, 2.24) is 15.0 Å². The highest BCUT2D eigenvalue weighted by Gasteiger charge is 2.23. The molecule has 0 atom stereocenters. The molecule has 0 spiro atoms. The molecule has 0 bridgehead atoms. The highest BCUT2D eigenvalue weighted by atomic mass is 15.0. The molecular formula is C70H42N4. The third-order valence-corrected chi connectivity index (χ3v) is 14.7. The van der Waals surface area contributed by atoms with E-state index in [-0.39, 0.29) is 0 Å². The zero-order chi connectivity index (χ0) is 49.1. The minimum absolute atomic E-state index is 0.598. The fourth-order valence-electron chi connectivity index (χ4n) is 11.2. The maximum atomic E-state index is 7.99. The minimum atomic E-state index is 0.598. The van der Waals surface area contributed by atoms with E-state index in [0.29, 0.717) is 23.2 Å². The Kier molecular flexibility index (Phi) is 10.2. The van der Waals surface area contributed by atoms with Crippen LogP contribution in [-0.2, 0) is 0 Å². The Balaban J connectivity index is 0.810. The molecule has 1 aliphatic rings. The van der Waals surface area contributed by atoms with Gasteiger partial charge in [-0.25, -0.2) is 19.8 Å². The average molecular weight is 939 g/mol. The van der Waals surface area contributed by atoms with Crippen LogP contribution in [0, 0.1) is 6.57 Å². The molecule has 1 heterocycles. The van der Waals surface area contributed by atoms with Gasteiger partial charge in [0.1, 0.15) is 0 Å². The summed E-state index contributed by atoms with van der Waals surface area (Å²) in [6, 6.07) is 90.1. The van der Waals surface area contributed by atoms with Gasteiger partial charge in [-0.05, 0) is 128 Å². The summed E-state index contributed by atoms with van der Waals surface area (Å²) in [5.41, 5.74) is 19.5. The van der Waals surface area contributed by atoms with Crippen LogP contribution in [0.5, 0.6) is 0 Å². The molecule has 14 rings (SSSR count). The predicted octanol–water partition coefficient (Wildman–Crippen LogP) is 18.9. The molecule has 0 fully saturated rings. The molecule has 0 radical (unpaired) electrons. The number of aromatic nitrogens is 3. The van der Waals surface area contributed by atoms with E-state index in [4.69, 9.17) is 21.5 Å². The lowest BCUT2D eigenvalue weighted by molar-refractivity contribution is 1.07. The number of nitrogens with zero attached hydrogens (tertiary/aromatic N) is 4. The van der Waals surface area contributed by atoms with Crippen molar-refractivity contribution in [2.75, 3.05) is 0 Å². The van der Waals surface area contributed by atoms with E-state index in [1.807, 2.05) is 42.5 Å². The number of hydrogen-bond acceptors (Lipinski definition) is 3. The van der Waals surface area contributed by atoms with Gasteiger partial charge in [-0.1, -0.05) is 237 Å². The summed E-state index contributed by atoms with van der Waals surface area (Å²) < 4.78 is 0. The van der Waals surface area contributed by atoms with Gasteiger partial charge in [-0.15, -0.1) is 0 Å². The Morgan fingerprint density at radius 3 is 1.41 bits per heavy atom. The Bertz CT molecular complexity index is 4390. The van der Waals surface area contributed by atoms with Crippen LogP contribution < -0.4 is 0 Å². The molecule has 1 aromatic heterocycles. The van der Waals surface area contributed by atoms with Crippen LogP contribution in [0.15, 0.2) is 255 Å². The van der Waals surface area contributed by atoms with Gasteiger partial charge in [0.15, 0.2) is 23.2 Å². The molecule has 74 heavy (non-hydrogen) atoms. The van der Waals surface area contributed by atoms with Crippen LogP contribution in [0.4, 0.5) is 5.69 Å². The Morgan fingerprint density at radius 2 is 0.689 bits per heavy atom. The van der Waals surface area contributed by atoms with E-state index in [1.54, 1.807) is 0 Å². The fraction of sp³-hybridized carbons (Fsp3) is 0. The number of rotatable bonds is 8. The van der Waals surface area contributed by atoms with Gasteiger partial charge in [0, 0.05) is 16.7 Å². The molecule has 0 amide bonds. The molecule has 342 valence electrons. The van der Waals surface area contributed by atoms with Crippen LogP contribution >= 0.6 is 0 Å². The van der Waals surface area contributed by atoms with Crippen LogP contribution in [0.2, 0.25) is 0 Å². The molecule has 4 heteroatoms. The first-order valence-electron chi connectivity index (χ1n) is 24.9.